The molecule has 1 saturated heterocycles. The van der Waals surface area contributed by atoms with E-state index in [1.165, 1.54) is 0 Å². The van der Waals surface area contributed by atoms with Crippen LogP contribution >= 0.6 is 0 Å². The molecular weight excluding hydrogens is 368 g/mol. The number of aryl methyl sites for hydroxylation is 2. The SMILES string of the molecule is CCn1cnc(NC(=O)N2C[C@H]3C[C@@H](Nc4nc(C)nc5[nH]ccc45)C[C@H]3C2)c1. The summed E-state index contributed by atoms with van der Waals surface area (Å²) in [7, 11) is 0. The predicted octanol–water partition coefficient (Wildman–Crippen LogP) is 2.84. The average Bonchev–Trinajstić information content (AvgIpc) is 3.44. The zero-order chi connectivity index (χ0) is 20.0. The van der Waals surface area contributed by atoms with E-state index < -0.39 is 0 Å². The summed E-state index contributed by atoms with van der Waals surface area (Å²) >= 11 is 0. The van der Waals surface area contributed by atoms with Crippen LogP contribution in [0.25, 0.3) is 11.0 Å². The summed E-state index contributed by atoms with van der Waals surface area (Å²) in [5, 5.41) is 7.58. The molecule has 29 heavy (non-hydrogen) atoms. The number of hydrogen-bond donors (Lipinski definition) is 3. The Morgan fingerprint density at radius 2 is 2.07 bits per heavy atom. The molecular formula is C20H26N8O. The molecule has 2 aliphatic rings. The Bertz CT molecular complexity index is 1030. The first kappa shape index (κ1) is 18.0. The molecule has 0 aromatic carbocycles. The van der Waals surface area contributed by atoms with E-state index in [1.807, 2.05) is 41.8 Å². The van der Waals surface area contributed by atoms with E-state index in [4.69, 9.17) is 0 Å². The number of carbonyl (C=O) groups is 1. The molecule has 3 N–H and O–H groups in total. The molecule has 1 aliphatic heterocycles. The summed E-state index contributed by atoms with van der Waals surface area (Å²) in [6, 6.07) is 2.34. The lowest BCUT2D eigenvalue weighted by Gasteiger charge is -2.20. The maximum absolute atomic E-state index is 12.6. The molecule has 1 saturated carbocycles. The average molecular weight is 394 g/mol. The molecule has 3 aromatic rings. The van der Waals surface area contributed by atoms with Gasteiger partial charge in [-0.15, -0.1) is 0 Å². The molecule has 3 atom stereocenters. The maximum Gasteiger partial charge on any atom is 0.323 e. The van der Waals surface area contributed by atoms with E-state index in [9.17, 15) is 4.79 Å². The van der Waals surface area contributed by atoms with Crippen LogP contribution in [0, 0.1) is 18.8 Å². The number of likely N-dealkylation sites (tertiary alicyclic amines) is 1. The van der Waals surface area contributed by atoms with E-state index >= 15 is 0 Å². The number of fused-ring (bicyclic) bond motifs is 2. The first-order valence-electron chi connectivity index (χ1n) is 10.2. The number of aromatic amines is 1. The summed E-state index contributed by atoms with van der Waals surface area (Å²) < 4.78 is 1.95. The van der Waals surface area contributed by atoms with Gasteiger partial charge >= 0.3 is 6.03 Å². The second-order valence-corrected chi connectivity index (χ2v) is 8.12. The van der Waals surface area contributed by atoms with Gasteiger partial charge in [0.1, 0.15) is 17.3 Å². The van der Waals surface area contributed by atoms with Gasteiger partial charge in [-0.3, -0.25) is 5.32 Å². The third-order valence-electron chi connectivity index (χ3n) is 6.14. The van der Waals surface area contributed by atoms with Crippen LogP contribution in [0.1, 0.15) is 25.6 Å². The molecule has 0 bridgehead atoms. The van der Waals surface area contributed by atoms with Crippen LogP contribution in [-0.2, 0) is 6.54 Å². The van der Waals surface area contributed by atoms with Crippen molar-refractivity contribution >= 4 is 28.7 Å². The first-order chi connectivity index (χ1) is 14.1. The molecule has 4 heterocycles. The lowest BCUT2D eigenvalue weighted by Crippen LogP contribution is -2.34. The van der Waals surface area contributed by atoms with Gasteiger partial charge in [-0.2, -0.15) is 0 Å². The van der Waals surface area contributed by atoms with E-state index in [0.29, 0.717) is 23.7 Å². The minimum Gasteiger partial charge on any atom is -0.367 e. The van der Waals surface area contributed by atoms with Gasteiger partial charge < -0.3 is 19.8 Å². The van der Waals surface area contributed by atoms with E-state index in [2.05, 4.69) is 30.6 Å². The molecule has 9 heteroatoms. The minimum atomic E-state index is -0.0503. The molecule has 1 aliphatic carbocycles. The molecule has 0 spiro atoms. The van der Waals surface area contributed by atoms with Gasteiger partial charge in [-0.05, 0) is 44.6 Å². The zero-order valence-corrected chi connectivity index (χ0v) is 16.7. The highest BCUT2D eigenvalue weighted by atomic mass is 16.2. The molecule has 0 radical (unpaired) electrons. The summed E-state index contributed by atoms with van der Waals surface area (Å²) in [4.78, 5) is 31.0. The number of nitrogens with zero attached hydrogens (tertiary/aromatic N) is 5. The number of imidazole rings is 1. The number of anilines is 2. The van der Waals surface area contributed by atoms with Gasteiger partial charge in [0.2, 0.25) is 0 Å². The van der Waals surface area contributed by atoms with Crippen LogP contribution in [0.5, 0.6) is 0 Å². The number of H-pyrrole nitrogens is 1. The highest BCUT2D eigenvalue weighted by molar-refractivity contribution is 5.88. The fourth-order valence-electron chi connectivity index (χ4n) is 4.73. The number of carbonyl (C=O) groups excluding carboxylic acids is 1. The van der Waals surface area contributed by atoms with Gasteiger partial charge in [-0.1, -0.05) is 0 Å². The Kier molecular flexibility index (Phi) is 4.37. The molecule has 5 rings (SSSR count). The summed E-state index contributed by atoms with van der Waals surface area (Å²) in [5.41, 5.74) is 0.867. The third kappa shape index (κ3) is 3.41. The second-order valence-electron chi connectivity index (χ2n) is 8.12. The Labute approximate surface area is 168 Å². The van der Waals surface area contributed by atoms with Gasteiger partial charge in [0.05, 0.1) is 11.7 Å². The van der Waals surface area contributed by atoms with Crippen LogP contribution in [0.3, 0.4) is 0 Å². The minimum absolute atomic E-state index is 0.0503. The Morgan fingerprint density at radius 3 is 2.79 bits per heavy atom. The number of aromatic nitrogens is 5. The highest BCUT2D eigenvalue weighted by Crippen LogP contribution is 2.39. The van der Waals surface area contributed by atoms with E-state index in [0.717, 1.165) is 55.2 Å². The van der Waals surface area contributed by atoms with Crippen molar-refractivity contribution in [3.05, 3.63) is 30.6 Å². The van der Waals surface area contributed by atoms with Crippen molar-refractivity contribution in [1.82, 2.24) is 29.4 Å². The summed E-state index contributed by atoms with van der Waals surface area (Å²) in [6.45, 7) is 6.39. The van der Waals surface area contributed by atoms with Gasteiger partial charge in [0.25, 0.3) is 0 Å². The fraction of sp³-hybridized carbons (Fsp3) is 0.500. The quantitative estimate of drug-likeness (QED) is 0.631. The molecule has 2 amide bonds. The summed E-state index contributed by atoms with van der Waals surface area (Å²) in [6.07, 6.45) is 7.59. The number of nitrogens with one attached hydrogen (secondary N) is 3. The topological polar surface area (TPSA) is 104 Å². The molecule has 3 aromatic heterocycles. The number of amides is 2. The zero-order valence-electron chi connectivity index (χ0n) is 16.7. The smallest absolute Gasteiger partial charge is 0.323 e. The predicted molar refractivity (Wildman–Crippen MR) is 111 cm³/mol. The van der Waals surface area contributed by atoms with Crippen molar-refractivity contribution in [2.75, 3.05) is 23.7 Å². The largest absolute Gasteiger partial charge is 0.367 e. The van der Waals surface area contributed by atoms with Crippen molar-refractivity contribution in [2.45, 2.75) is 39.3 Å². The van der Waals surface area contributed by atoms with Crippen molar-refractivity contribution in [2.24, 2.45) is 11.8 Å². The Hall–Kier alpha value is -3.10. The molecule has 0 unspecified atom stereocenters. The summed E-state index contributed by atoms with van der Waals surface area (Å²) in [5.74, 6) is 3.32. The lowest BCUT2D eigenvalue weighted by atomic mass is 10.0. The van der Waals surface area contributed by atoms with Crippen LogP contribution in [0.15, 0.2) is 24.8 Å². The van der Waals surface area contributed by atoms with Gasteiger partial charge in [0.15, 0.2) is 5.82 Å². The van der Waals surface area contributed by atoms with E-state index in [-0.39, 0.29) is 6.03 Å². The second kappa shape index (κ2) is 7.06. The molecule has 2 fully saturated rings. The Balaban J connectivity index is 1.19. The number of rotatable bonds is 4. The standard InChI is InChI=1S/C20H26N8O/c1-3-27-10-17(22-11-27)26-20(29)28-8-13-6-15(7-14(13)9-28)25-19-16-4-5-21-18(16)23-12(2)24-19/h4-5,10-11,13-15H,3,6-9H2,1-2H3,(H,26,29)(H2,21,23,24,25)/t13-,14+,15-. The fourth-order valence-corrected chi connectivity index (χ4v) is 4.73. The highest BCUT2D eigenvalue weighted by Gasteiger charge is 2.42. The third-order valence-corrected chi connectivity index (χ3v) is 6.14. The van der Waals surface area contributed by atoms with Crippen LogP contribution in [0.2, 0.25) is 0 Å². The Morgan fingerprint density at radius 1 is 1.28 bits per heavy atom. The normalized spacial score (nSPS) is 23.5. The maximum atomic E-state index is 12.6. The van der Waals surface area contributed by atoms with Crippen LogP contribution in [-0.4, -0.2) is 54.6 Å². The number of hydrogen-bond acceptors (Lipinski definition) is 5. The van der Waals surface area contributed by atoms with Crippen LogP contribution < -0.4 is 10.6 Å². The molecule has 9 nitrogen and oxygen atoms in total. The van der Waals surface area contributed by atoms with Crippen molar-refractivity contribution < 1.29 is 4.79 Å². The van der Waals surface area contributed by atoms with Crippen LogP contribution in [0.4, 0.5) is 16.4 Å². The lowest BCUT2D eigenvalue weighted by molar-refractivity contribution is 0.218. The van der Waals surface area contributed by atoms with Crippen molar-refractivity contribution in [3.63, 3.8) is 0 Å². The van der Waals surface area contributed by atoms with Crippen molar-refractivity contribution in [3.8, 4) is 0 Å². The first-order valence-corrected chi connectivity index (χ1v) is 10.2. The molecule has 152 valence electrons. The number of urea groups is 1. The van der Waals surface area contributed by atoms with Gasteiger partial charge in [-0.25, -0.2) is 19.7 Å². The van der Waals surface area contributed by atoms with Crippen molar-refractivity contribution in [1.29, 1.82) is 0 Å². The monoisotopic (exact) mass is 394 g/mol. The van der Waals surface area contributed by atoms with Gasteiger partial charge in [0, 0.05) is 38.1 Å². The van der Waals surface area contributed by atoms with E-state index in [1.54, 1.807) is 6.33 Å².